The summed E-state index contributed by atoms with van der Waals surface area (Å²) in [4.78, 5) is 5.85. The van der Waals surface area contributed by atoms with Crippen LogP contribution in [-0.2, 0) is 0 Å². The van der Waals surface area contributed by atoms with Crippen LogP contribution in [0.1, 0.15) is 18.4 Å². The maximum atomic E-state index is 8.97. The van der Waals surface area contributed by atoms with E-state index in [4.69, 9.17) is 5.26 Å². The van der Waals surface area contributed by atoms with Gasteiger partial charge in [-0.1, -0.05) is 18.2 Å². The lowest BCUT2D eigenvalue weighted by Crippen LogP contribution is -1.90. The van der Waals surface area contributed by atoms with E-state index >= 15 is 0 Å². The number of nitriles is 1. The van der Waals surface area contributed by atoms with Crippen LogP contribution < -0.4 is 0 Å². The van der Waals surface area contributed by atoms with Crippen molar-refractivity contribution in [1.29, 1.82) is 5.26 Å². The summed E-state index contributed by atoms with van der Waals surface area (Å²) in [5.74, 6) is -0.0821. The highest BCUT2D eigenvalue weighted by Crippen LogP contribution is 2.26. The number of fused-ring (bicyclic) bond motifs is 1. The average Bonchev–Trinajstić information content (AvgIpc) is 2.99. The fraction of sp³-hybridized carbons (Fsp3) is 0.125. The summed E-state index contributed by atoms with van der Waals surface area (Å²) in [6.07, 6.45) is 0. The van der Waals surface area contributed by atoms with Gasteiger partial charge in [-0.25, -0.2) is 4.98 Å². The SMILES string of the molecule is CC(C#N)c1ccc2nc(-c3cccs3)ccc2c1. The molecule has 0 aliphatic heterocycles. The Labute approximate surface area is 116 Å². The first kappa shape index (κ1) is 11.9. The van der Waals surface area contributed by atoms with Crippen LogP contribution in [0.5, 0.6) is 0 Å². The van der Waals surface area contributed by atoms with Crippen molar-refractivity contribution in [3.05, 3.63) is 53.4 Å². The Kier molecular flexibility index (Phi) is 3.02. The molecule has 1 aromatic carbocycles. The Hall–Kier alpha value is -2.18. The van der Waals surface area contributed by atoms with Gasteiger partial charge in [0.2, 0.25) is 0 Å². The molecular weight excluding hydrogens is 252 g/mol. The Balaban J connectivity index is 2.09. The molecule has 0 amide bonds. The van der Waals surface area contributed by atoms with E-state index in [1.807, 2.05) is 31.2 Å². The summed E-state index contributed by atoms with van der Waals surface area (Å²) in [6.45, 7) is 1.91. The van der Waals surface area contributed by atoms with E-state index in [1.165, 1.54) is 4.88 Å². The van der Waals surface area contributed by atoms with Crippen LogP contribution in [0.2, 0.25) is 0 Å². The highest BCUT2D eigenvalue weighted by Gasteiger charge is 2.06. The Morgan fingerprint density at radius 1 is 1.21 bits per heavy atom. The molecule has 2 heterocycles. The van der Waals surface area contributed by atoms with Crippen LogP contribution in [0.3, 0.4) is 0 Å². The second-order valence-electron chi connectivity index (χ2n) is 4.48. The molecule has 3 aromatic rings. The maximum Gasteiger partial charge on any atom is 0.0809 e. The van der Waals surface area contributed by atoms with Crippen molar-refractivity contribution in [2.24, 2.45) is 0 Å². The molecule has 0 aliphatic carbocycles. The summed E-state index contributed by atoms with van der Waals surface area (Å²) >= 11 is 1.69. The van der Waals surface area contributed by atoms with Gasteiger partial charge in [0.25, 0.3) is 0 Å². The molecule has 0 bridgehead atoms. The molecule has 0 saturated carbocycles. The van der Waals surface area contributed by atoms with Crippen LogP contribution in [0.15, 0.2) is 47.8 Å². The highest BCUT2D eigenvalue weighted by molar-refractivity contribution is 7.13. The molecule has 0 saturated heterocycles. The molecule has 92 valence electrons. The lowest BCUT2D eigenvalue weighted by atomic mass is 10.0. The van der Waals surface area contributed by atoms with Gasteiger partial charge in [-0.2, -0.15) is 5.26 Å². The van der Waals surface area contributed by atoms with Crippen molar-refractivity contribution in [1.82, 2.24) is 4.98 Å². The predicted octanol–water partition coefficient (Wildman–Crippen LogP) is 4.59. The van der Waals surface area contributed by atoms with E-state index in [2.05, 4.69) is 34.6 Å². The largest absolute Gasteiger partial charge is 0.247 e. The Bertz CT molecular complexity index is 754. The third-order valence-corrected chi connectivity index (χ3v) is 4.07. The fourth-order valence-electron chi connectivity index (χ4n) is 2.05. The molecule has 1 atom stereocenters. The minimum atomic E-state index is -0.0821. The van der Waals surface area contributed by atoms with Gasteiger partial charge in [0, 0.05) is 5.39 Å². The molecule has 3 rings (SSSR count). The quantitative estimate of drug-likeness (QED) is 0.678. The van der Waals surface area contributed by atoms with Crippen molar-refractivity contribution in [2.75, 3.05) is 0 Å². The second-order valence-corrected chi connectivity index (χ2v) is 5.42. The Morgan fingerprint density at radius 2 is 2.11 bits per heavy atom. The summed E-state index contributed by atoms with van der Waals surface area (Å²) < 4.78 is 0. The number of pyridine rings is 1. The van der Waals surface area contributed by atoms with Crippen molar-refractivity contribution < 1.29 is 0 Å². The van der Waals surface area contributed by atoms with Gasteiger partial charge in [-0.15, -0.1) is 11.3 Å². The lowest BCUT2D eigenvalue weighted by molar-refractivity contribution is 0.984. The molecule has 19 heavy (non-hydrogen) atoms. The summed E-state index contributed by atoms with van der Waals surface area (Å²) in [7, 11) is 0. The van der Waals surface area contributed by atoms with Gasteiger partial charge in [0.05, 0.1) is 28.1 Å². The predicted molar refractivity (Wildman–Crippen MR) is 79.1 cm³/mol. The van der Waals surface area contributed by atoms with Crippen LogP contribution in [0.4, 0.5) is 0 Å². The number of hydrogen-bond acceptors (Lipinski definition) is 3. The molecule has 2 nitrogen and oxygen atoms in total. The molecule has 2 aromatic heterocycles. The van der Waals surface area contributed by atoms with Gasteiger partial charge in [-0.05, 0) is 42.1 Å². The van der Waals surface area contributed by atoms with Crippen molar-refractivity contribution in [3.63, 3.8) is 0 Å². The Morgan fingerprint density at radius 3 is 2.84 bits per heavy atom. The number of aromatic nitrogens is 1. The fourth-order valence-corrected chi connectivity index (χ4v) is 2.74. The maximum absolute atomic E-state index is 8.97. The molecule has 3 heteroatoms. The summed E-state index contributed by atoms with van der Waals surface area (Å²) in [6, 6.07) is 16.5. The molecule has 0 N–H and O–H groups in total. The standard InChI is InChI=1S/C16H12N2S/c1-11(10-17)12-4-6-14-13(9-12)5-7-15(18-14)16-3-2-8-19-16/h2-9,11H,1H3. The molecular formula is C16H12N2S. The van der Waals surface area contributed by atoms with Gasteiger partial charge in [0.1, 0.15) is 0 Å². The highest BCUT2D eigenvalue weighted by atomic mass is 32.1. The van der Waals surface area contributed by atoms with Crippen LogP contribution in [0, 0.1) is 11.3 Å². The summed E-state index contributed by atoms with van der Waals surface area (Å²) in [5, 5.41) is 12.1. The first-order valence-corrected chi connectivity index (χ1v) is 7.00. The smallest absolute Gasteiger partial charge is 0.0809 e. The zero-order chi connectivity index (χ0) is 13.2. The normalized spacial score (nSPS) is 12.2. The minimum absolute atomic E-state index is 0.0821. The van der Waals surface area contributed by atoms with Gasteiger partial charge in [-0.3, -0.25) is 0 Å². The van der Waals surface area contributed by atoms with Gasteiger partial charge < -0.3 is 0 Å². The number of hydrogen-bond donors (Lipinski definition) is 0. The third-order valence-electron chi connectivity index (χ3n) is 3.18. The number of benzene rings is 1. The third kappa shape index (κ3) is 2.23. The number of thiophene rings is 1. The lowest BCUT2D eigenvalue weighted by Gasteiger charge is -2.06. The van der Waals surface area contributed by atoms with Crippen LogP contribution in [-0.4, -0.2) is 4.98 Å². The minimum Gasteiger partial charge on any atom is -0.247 e. The molecule has 0 aliphatic rings. The average molecular weight is 264 g/mol. The monoisotopic (exact) mass is 264 g/mol. The van der Waals surface area contributed by atoms with Crippen LogP contribution in [0.25, 0.3) is 21.5 Å². The first-order valence-electron chi connectivity index (χ1n) is 6.12. The van der Waals surface area contributed by atoms with Crippen LogP contribution >= 0.6 is 11.3 Å². The van der Waals surface area contributed by atoms with E-state index in [0.29, 0.717) is 0 Å². The van der Waals surface area contributed by atoms with E-state index in [9.17, 15) is 0 Å². The van der Waals surface area contributed by atoms with Gasteiger partial charge in [0.15, 0.2) is 0 Å². The summed E-state index contributed by atoms with van der Waals surface area (Å²) in [5.41, 5.74) is 3.02. The van der Waals surface area contributed by atoms with E-state index < -0.39 is 0 Å². The zero-order valence-corrected chi connectivity index (χ0v) is 11.3. The molecule has 1 unspecified atom stereocenters. The molecule has 0 radical (unpaired) electrons. The van der Waals surface area contributed by atoms with Crippen molar-refractivity contribution in [3.8, 4) is 16.6 Å². The number of nitrogens with zero attached hydrogens (tertiary/aromatic N) is 2. The van der Waals surface area contributed by atoms with Gasteiger partial charge >= 0.3 is 0 Å². The number of rotatable bonds is 2. The zero-order valence-electron chi connectivity index (χ0n) is 10.5. The van der Waals surface area contributed by atoms with Crippen molar-refractivity contribution >= 4 is 22.2 Å². The van der Waals surface area contributed by atoms with E-state index in [1.54, 1.807) is 11.3 Å². The van der Waals surface area contributed by atoms with Crippen molar-refractivity contribution in [2.45, 2.75) is 12.8 Å². The molecule has 0 fully saturated rings. The first-order chi connectivity index (χ1) is 9.28. The second kappa shape index (κ2) is 4.83. The molecule has 0 spiro atoms. The topological polar surface area (TPSA) is 36.7 Å². The van der Waals surface area contributed by atoms with E-state index in [-0.39, 0.29) is 5.92 Å². The van der Waals surface area contributed by atoms with E-state index in [0.717, 1.165) is 22.2 Å².